The fourth-order valence-electron chi connectivity index (χ4n) is 3.10. The molecule has 21 heavy (non-hydrogen) atoms. The molecule has 1 aliphatic heterocycles. The summed E-state index contributed by atoms with van der Waals surface area (Å²) >= 11 is 0. The largest absolute Gasteiger partial charge is 0.370 e. The monoisotopic (exact) mass is 271 g/mol. The van der Waals surface area contributed by atoms with Crippen molar-refractivity contribution in [1.29, 1.82) is 0 Å². The van der Waals surface area contributed by atoms with E-state index < -0.39 is 0 Å². The average Bonchev–Trinajstić information content (AvgIpc) is 2.55. The first kappa shape index (κ1) is 12.2. The van der Waals surface area contributed by atoms with Crippen LogP contribution < -0.4 is 4.90 Å². The normalized spacial score (nSPS) is 14.0. The van der Waals surface area contributed by atoms with Gasteiger partial charge in [-0.1, -0.05) is 60.7 Å². The SMILES string of the molecule is CN1CC=C(c2ccc3ccccc3c2)c2ccccc21. The molecule has 1 heterocycles. The third-order valence-electron chi connectivity index (χ3n) is 4.24. The van der Waals surface area contributed by atoms with Crippen molar-refractivity contribution in [2.45, 2.75) is 0 Å². The average molecular weight is 271 g/mol. The lowest BCUT2D eigenvalue weighted by Crippen LogP contribution is -2.22. The summed E-state index contributed by atoms with van der Waals surface area (Å²) in [5.74, 6) is 0. The highest BCUT2D eigenvalue weighted by atomic mass is 15.1. The van der Waals surface area contributed by atoms with E-state index in [-0.39, 0.29) is 0 Å². The highest BCUT2D eigenvalue weighted by Crippen LogP contribution is 2.35. The molecule has 1 aliphatic rings. The zero-order chi connectivity index (χ0) is 14.2. The van der Waals surface area contributed by atoms with Gasteiger partial charge in [-0.3, -0.25) is 0 Å². The Kier molecular flexibility index (Phi) is 2.78. The van der Waals surface area contributed by atoms with E-state index >= 15 is 0 Å². The van der Waals surface area contributed by atoms with Crippen molar-refractivity contribution in [3.05, 3.63) is 83.9 Å². The van der Waals surface area contributed by atoms with Crippen LogP contribution in [0.25, 0.3) is 16.3 Å². The first-order valence-corrected chi connectivity index (χ1v) is 7.33. The lowest BCUT2D eigenvalue weighted by Gasteiger charge is -2.27. The molecule has 102 valence electrons. The number of benzene rings is 3. The Balaban J connectivity index is 1.89. The van der Waals surface area contributed by atoms with Gasteiger partial charge in [-0.25, -0.2) is 0 Å². The molecular formula is C20H17N. The molecule has 3 aromatic rings. The molecule has 1 nitrogen and oxygen atoms in total. The van der Waals surface area contributed by atoms with E-state index in [1.54, 1.807) is 0 Å². The minimum absolute atomic E-state index is 0.958. The standard InChI is InChI=1S/C20H17N/c1-21-13-12-18(19-8-4-5-9-20(19)21)17-11-10-15-6-2-3-7-16(15)14-17/h2-12,14H,13H2,1H3. The van der Waals surface area contributed by atoms with Crippen LogP contribution in [0.15, 0.2) is 72.8 Å². The summed E-state index contributed by atoms with van der Waals surface area (Å²) < 4.78 is 0. The molecule has 0 amide bonds. The molecule has 0 unspecified atom stereocenters. The molecule has 0 N–H and O–H groups in total. The second kappa shape index (κ2) is 4.78. The maximum atomic E-state index is 2.33. The summed E-state index contributed by atoms with van der Waals surface area (Å²) in [7, 11) is 2.15. The van der Waals surface area contributed by atoms with Crippen LogP contribution in [0.4, 0.5) is 5.69 Å². The zero-order valence-corrected chi connectivity index (χ0v) is 12.1. The molecule has 0 bridgehead atoms. The van der Waals surface area contributed by atoms with Gasteiger partial charge in [-0.2, -0.15) is 0 Å². The summed E-state index contributed by atoms with van der Waals surface area (Å²) in [4.78, 5) is 2.29. The third-order valence-corrected chi connectivity index (χ3v) is 4.24. The summed E-state index contributed by atoms with van der Waals surface area (Å²) in [6.07, 6.45) is 2.33. The minimum atomic E-state index is 0.958. The number of likely N-dealkylation sites (N-methyl/N-ethyl adjacent to an activating group) is 1. The van der Waals surface area contributed by atoms with E-state index in [4.69, 9.17) is 0 Å². The Morgan fingerprint density at radius 3 is 2.48 bits per heavy atom. The van der Waals surface area contributed by atoms with Crippen LogP contribution in [0, 0.1) is 0 Å². The van der Waals surface area contributed by atoms with E-state index in [0.29, 0.717) is 0 Å². The summed E-state index contributed by atoms with van der Waals surface area (Å²) in [6, 6.07) is 23.9. The van der Waals surface area contributed by atoms with E-state index in [2.05, 4.69) is 84.8 Å². The van der Waals surface area contributed by atoms with E-state index in [1.807, 2.05) is 0 Å². The van der Waals surface area contributed by atoms with Crippen LogP contribution in [0.1, 0.15) is 11.1 Å². The number of fused-ring (bicyclic) bond motifs is 2. The maximum Gasteiger partial charge on any atom is 0.0446 e. The van der Waals surface area contributed by atoms with Crippen molar-refractivity contribution in [2.24, 2.45) is 0 Å². The first-order valence-electron chi connectivity index (χ1n) is 7.33. The van der Waals surface area contributed by atoms with Crippen molar-refractivity contribution in [3.8, 4) is 0 Å². The van der Waals surface area contributed by atoms with Gasteiger partial charge in [0.25, 0.3) is 0 Å². The number of anilines is 1. The van der Waals surface area contributed by atoms with Gasteiger partial charge >= 0.3 is 0 Å². The number of para-hydroxylation sites is 1. The molecule has 0 saturated carbocycles. The van der Waals surface area contributed by atoms with Crippen molar-refractivity contribution >= 4 is 22.0 Å². The Morgan fingerprint density at radius 2 is 1.57 bits per heavy atom. The second-order valence-electron chi connectivity index (χ2n) is 5.58. The van der Waals surface area contributed by atoms with Crippen LogP contribution in [-0.2, 0) is 0 Å². The van der Waals surface area contributed by atoms with Gasteiger partial charge in [0, 0.05) is 24.8 Å². The van der Waals surface area contributed by atoms with Gasteiger partial charge in [-0.15, -0.1) is 0 Å². The highest BCUT2D eigenvalue weighted by molar-refractivity contribution is 5.93. The predicted molar refractivity (Wildman–Crippen MR) is 90.7 cm³/mol. The summed E-state index contributed by atoms with van der Waals surface area (Å²) in [5, 5.41) is 2.59. The maximum absolute atomic E-state index is 2.33. The van der Waals surface area contributed by atoms with Crippen LogP contribution in [0.3, 0.4) is 0 Å². The topological polar surface area (TPSA) is 3.24 Å². The first-order chi connectivity index (χ1) is 10.3. The van der Waals surface area contributed by atoms with Gasteiger partial charge < -0.3 is 4.90 Å². The Bertz CT molecular complexity index is 845. The number of nitrogens with zero attached hydrogens (tertiary/aromatic N) is 1. The smallest absolute Gasteiger partial charge is 0.0446 e. The zero-order valence-electron chi connectivity index (χ0n) is 12.1. The molecular weight excluding hydrogens is 254 g/mol. The van der Waals surface area contributed by atoms with Crippen molar-refractivity contribution in [3.63, 3.8) is 0 Å². The lowest BCUT2D eigenvalue weighted by atomic mass is 9.92. The van der Waals surface area contributed by atoms with Gasteiger partial charge in [0.15, 0.2) is 0 Å². The van der Waals surface area contributed by atoms with Crippen molar-refractivity contribution in [1.82, 2.24) is 0 Å². The van der Waals surface area contributed by atoms with Crippen molar-refractivity contribution < 1.29 is 0 Å². The molecule has 0 fully saturated rings. The van der Waals surface area contributed by atoms with Crippen LogP contribution >= 0.6 is 0 Å². The molecule has 3 aromatic carbocycles. The number of hydrogen-bond donors (Lipinski definition) is 0. The Morgan fingerprint density at radius 1 is 0.810 bits per heavy atom. The molecule has 1 heteroatoms. The van der Waals surface area contributed by atoms with Crippen LogP contribution in [-0.4, -0.2) is 13.6 Å². The molecule has 0 radical (unpaired) electrons. The fraction of sp³-hybridized carbons (Fsp3) is 0.100. The third kappa shape index (κ3) is 2.02. The van der Waals surface area contributed by atoms with Crippen LogP contribution in [0.2, 0.25) is 0 Å². The fourth-order valence-corrected chi connectivity index (χ4v) is 3.10. The minimum Gasteiger partial charge on any atom is -0.370 e. The van der Waals surface area contributed by atoms with Crippen LogP contribution in [0.5, 0.6) is 0 Å². The highest BCUT2D eigenvalue weighted by Gasteiger charge is 2.16. The quantitative estimate of drug-likeness (QED) is 0.619. The molecule has 0 atom stereocenters. The summed E-state index contributed by atoms with van der Waals surface area (Å²) in [5.41, 5.74) is 5.27. The molecule has 0 spiro atoms. The van der Waals surface area contributed by atoms with Gasteiger partial charge in [0.1, 0.15) is 0 Å². The van der Waals surface area contributed by atoms with Crippen molar-refractivity contribution in [2.75, 3.05) is 18.5 Å². The Hall–Kier alpha value is -2.54. The summed E-state index contributed by atoms with van der Waals surface area (Å²) in [6.45, 7) is 0.958. The molecule has 4 rings (SSSR count). The lowest BCUT2D eigenvalue weighted by molar-refractivity contribution is 1.01. The van der Waals surface area contributed by atoms with Gasteiger partial charge in [-0.05, 0) is 34.0 Å². The van der Waals surface area contributed by atoms with Gasteiger partial charge in [0.05, 0.1) is 0 Å². The molecule has 0 saturated heterocycles. The number of rotatable bonds is 1. The molecule has 0 aliphatic carbocycles. The second-order valence-corrected chi connectivity index (χ2v) is 5.58. The predicted octanol–water partition coefficient (Wildman–Crippen LogP) is 4.72. The molecule has 0 aromatic heterocycles. The Labute approximate surface area is 125 Å². The van der Waals surface area contributed by atoms with E-state index in [9.17, 15) is 0 Å². The van der Waals surface area contributed by atoms with E-state index in [0.717, 1.165) is 6.54 Å². The van der Waals surface area contributed by atoms with Gasteiger partial charge in [0.2, 0.25) is 0 Å². The number of hydrogen-bond acceptors (Lipinski definition) is 1. The van der Waals surface area contributed by atoms with E-state index in [1.165, 1.54) is 33.2 Å².